The number of thiocarbonyl (C=S) groups is 1. The maximum atomic E-state index is 10.3. The molecule has 0 spiro atoms. The number of carbonyl (C=O) groups is 1. The van der Waals surface area contributed by atoms with Crippen LogP contribution in [0.25, 0.3) is 0 Å². The van der Waals surface area contributed by atoms with E-state index in [0.717, 1.165) is 5.56 Å². The van der Waals surface area contributed by atoms with Crippen molar-refractivity contribution in [1.29, 1.82) is 0 Å². The van der Waals surface area contributed by atoms with Crippen LogP contribution < -0.4 is 0 Å². The van der Waals surface area contributed by atoms with E-state index in [1.54, 1.807) is 24.3 Å². The molecule has 0 aliphatic carbocycles. The zero-order valence-corrected chi connectivity index (χ0v) is 7.54. The van der Waals surface area contributed by atoms with Gasteiger partial charge in [0.05, 0.1) is 17.3 Å². The van der Waals surface area contributed by atoms with Gasteiger partial charge in [-0.3, -0.25) is 4.79 Å². The highest BCUT2D eigenvalue weighted by Crippen LogP contribution is 2.12. The summed E-state index contributed by atoms with van der Waals surface area (Å²) in [5.74, 6) is -0.842. The standard InChI is InChI=1S/C9H7NO2S/c11-9(12)5-7-1-3-8(4-2-7)10-6-13/h1-4H,5H2,(H,11,12). The normalized spacial score (nSPS) is 8.92. The summed E-state index contributed by atoms with van der Waals surface area (Å²) in [5, 5.41) is 10.7. The van der Waals surface area contributed by atoms with Gasteiger partial charge in [-0.05, 0) is 29.9 Å². The third-order valence-electron chi connectivity index (χ3n) is 1.47. The van der Waals surface area contributed by atoms with Crippen molar-refractivity contribution in [1.82, 2.24) is 0 Å². The highest BCUT2D eigenvalue weighted by Gasteiger charge is 1.98. The number of aliphatic imine (C=N–C) groups is 1. The number of isothiocyanates is 1. The summed E-state index contributed by atoms with van der Waals surface area (Å²) in [4.78, 5) is 14.1. The lowest BCUT2D eigenvalue weighted by Gasteiger charge is -1.96. The minimum Gasteiger partial charge on any atom is -0.481 e. The molecule has 1 aromatic carbocycles. The van der Waals surface area contributed by atoms with Crippen molar-refractivity contribution in [2.75, 3.05) is 0 Å². The van der Waals surface area contributed by atoms with Gasteiger partial charge in [-0.15, -0.1) is 0 Å². The van der Waals surface area contributed by atoms with E-state index in [9.17, 15) is 4.79 Å². The number of benzene rings is 1. The number of hydrogen-bond acceptors (Lipinski definition) is 3. The van der Waals surface area contributed by atoms with Gasteiger partial charge in [0, 0.05) is 0 Å². The van der Waals surface area contributed by atoms with E-state index in [0.29, 0.717) is 5.69 Å². The van der Waals surface area contributed by atoms with E-state index >= 15 is 0 Å². The topological polar surface area (TPSA) is 49.7 Å². The smallest absolute Gasteiger partial charge is 0.307 e. The Balaban J connectivity index is 2.80. The molecule has 0 radical (unpaired) electrons. The third-order valence-corrected chi connectivity index (χ3v) is 1.56. The Morgan fingerprint density at radius 3 is 2.54 bits per heavy atom. The molecule has 0 aromatic heterocycles. The summed E-state index contributed by atoms with van der Waals surface area (Å²) < 4.78 is 0. The quantitative estimate of drug-likeness (QED) is 0.590. The fourth-order valence-corrected chi connectivity index (χ4v) is 1.02. The van der Waals surface area contributed by atoms with Gasteiger partial charge in [0.25, 0.3) is 0 Å². The minimum absolute atomic E-state index is 0.0293. The summed E-state index contributed by atoms with van der Waals surface area (Å²) in [6.07, 6.45) is 0.0293. The second-order valence-corrected chi connectivity index (χ2v) is 2.62. The van der Waals surface area contributed by atoms with Gasteiger partial charge in [0.2, 0.25) is 0 Å². The van der Waals surface area contributed by atoms with Crippen molar-refractivity contribution in [3.05, 3.63) is 29.8 Å². The Bertz CT molecular complexity index is 352. The molecule has 0 aliphatic heterocycles. The molecular formula is C9H7NO2S. The van der Waals surface area contributed by atoms with Gasteiger partial charge in [-0.2, -0.15) is 4.99 Å². The first-order valence-electron chi connectivity index (χ1n) is 3.61. The Morgan fingerprint density at radius 1 is 1.46 bits per heavy atom. The first-order valence-corrected chi connectivity index (χ1v) is 4.02. The van der Waals surface area contributed by atoms with Crippen molar-refractivity contribution in [2.24, 2.45) is 4.99 Å². The van der Waals surface area contributed by atoms with Crippen molar-refractivity contribution >= 4 is 29.0 Å². The molecule has 0 aliphatic rings. The third kappa shape index (κ3) is 3.15. The Kier molecular flexibility index (Phi) is 3.31. The molecule has 0 atom stereocenters. The van der Waals surface area contributed by atoms with Crippen LogP contribution in [-0.2, 0) is 11.2 Å². The predicted octanol–water partition coefficient (Wildman–Crippen LogP) is 2.05. The van der Waals surface area contributed by atoms with Crippen LogP contribution in [0.2, 0.25) is 0 Å². The van der Waals surface area contributed by atoms with Crippen LogP contribution in [0.3, 0.4) is 0 Å². The predicted molar refractivity (Wildman–Crippen MR) is 52.5 cm³/mol. The van der Waals surface area contributed by atoms with Gasteiger partial charge >= 0.3 is 5.97 Å². The number of rotatable bonds is 3. The van der Waals surface area contributed by atoms with Crippen molar-refractivity contribution in [3.8, 4) is 0 Å². The maximum Gasteiger partial charge on any atom is 0.307 e. The number of carboxylic acids is 1. The van der Waals surface area contributed by atoms with Crippen LogP contribution >= 0.6 is 12.2 Å². The van der Waals surface area contributed by atoms with Crippen LogP contribution in [0.15, 0.2) is 29.3 Å². The van der Waals surface area contributed by atoms with Crippen LogP contribution in [-0.4, -0.2) is 16.2 Å². The monoisotopic (exact) mass is 193 g/mol. The zero-order chi connectivity index (χ0) is 9.68. The average Bonchev–Trinajstić information content (AvgIpc) is 2.08. The van der Waals surface area contributed by atoms with E-state index < -0.39 is 5.97 Å². The van der Waals surface area contributed by atoms with E-state index in [1.807, 2.05) is 0 Å². The highest BCUT2D eigenvalue weighted by molar-refractivity contribution is 7.78. The summed E-state index contributed by atoms with van der Waals surface area (Å²) in [7, 11) is 0. The summed E-state index contributed by atoms with van der Waals surface area (Å²) in [6, 6.07) is 6.83. The van der Waals surface area contributed by atoms with Crippen LogP contribution in [0.5, 0.6) is 0 Å². The van der Waals surface area contributed by atoms with E-state index in [2.05, 4.69) is 22.4 Å². The van der Waals surface area contributed by atoms with Gasteiger partial charge in [0.15, 0.2) is 0 Å². The average molecular weight is 193 g/mol. The maximum absolute atomic E-state index is 10.3. The highest BCUT2D eigenvalue weighted by atomic mass is 32.1. The van der Waals surface area contributed by atoms with Gasteiger partial charge in [0.1, 0.15) is 0 Å². The van der Waals surface area contributed by atoms with Crippen molar-refractivity contribution in [2.45, 2.75) is 6.42 Å². The molecule has 1 N–H and O–H groups in total. The Morgan fingerprint density at radius 2 is 2.08 bits per heavy atom. The molecule has 0 bridgehead atoms. The van der Waals surface area contributed by atoms with Crippen LogP contribution in [0.4, 0.5) is 5.69 Å². The SMILES string of the molecule is O=C(O)Cc1ccc(N=C=S)cc1. The summed E-state index contributed by atoms with van der Waals surface area (Å²) in [6.45, 7) is 0. The molecule has 0 fully saturated rings. The van der Waals surface area contributed by atoms with Gasteiger partial charge in [-0.25, -0.2) is 0 Å². The number of nitrogens with zero attached hydrogens (tertiary/aromatic N) is 1. The fourth-order valence-electron chi connectivity index (χ4n) is 0.916. The summed E-state index contributed by atoms with van der Waals surface area (Å²) >= 11 is 4.43. The molecule has 4 heteroatoms. The van der Waals surface area contributed by atoms with Gasteiger partial charge in [-0.1, -0.05) is 12.1 Å². The number of hydrogen-bond donors (Lipinski definition) is 1. The van der Waals surface area contributed by atoms with Gasteiger partial charge < -0.3 is 5.11 Å². The molecule has 0 saturated heterocycles. The Labute approximate surface area is 80.7 Å². The van der Waals surface area contributed by atoms with Crippen molar-refractivity contribution in [3.63, 3.8) is 0 Å². The molecule has 1 aromatic rings. The molecule has 66 valence electrons. The van der Waals surface area contributed by atoms with Crippen molar-refractivity contribution < 1.29 is 9.90 Å². The van der Waals surface area contributed by atoms with Crippen LogP contribution in [0.1, 0.15) is 5.56 Å². The molecule has 3 nitrogen and oxygen atoms in total. The first kappa shape index (κ1) is 9.58. The second-order valence-electron chi connectivity index (χ2n) is 2.44. The largest absolute Gasteiger partial charge is 0.481 e. The first-order chi connectivity index (χ1) is 6.22. The fraction of sp³-hybridized carbons (Fsp3) is 0.111. The summed E-state index contributed by atoms with van der Waals surface area (Å²) in [5.41, 5.74) is 1.43. The van der Waals surface area contributed by atoms with Crippen LogP contribution in [0, 0.1) is 0 Å². The minimum atomic E-state index is -0.842. The lowest BCUT2D eigenvalue weighted by molar-refractivity contribution is -0.136. The lowest BCUT2D eigenvalue weighted by atomic mass is 10.1. The molecule has 0 unspecified atom stereocenters. The molecule has 0 amide bonds. The van der Waals surface area contributed by atoms with E-state index in [1.165, 1.54) is 0 Å². The molecule has 13 heavy (non-hydrogen) atoms. The molecular weight excluding hydrogens is 186 g/mol. The lowest BCUT2D eigenvalue weighted by Crippen LogP contribution is -1.98. The molecule has 1 rings (SSSR count). The molecule has 0 saturated carbocycles. The van der Waals surface area contributed by atoms with E-state index in [4.69, 9.17) is 5.11 Å². The second kappa shape index (κ2) is 4.50. The number of aliphatic carboxylic acids is 1. The number of carboxylic acid groups (broad SMARTS) is 1. The van der Waals surface area contributed by atoms with E-state index in [-0.39, 0.29) is 6.42 Å². The zero-order valence-electron chi connectivity index (χ0n) is 6.73. The Hall–Kier alpha value is -1.51. The molecule has 0 heterocycles.